The Hall–Kier alpha value is -2.44. The van der Waals surface area contributed by atoms with Crippen molar-refractivity contribution >= 4 is 35.0 Å². The summed E-state index contributed by atoms with van der Waals surface area (Å²) < 4.78 is 10.9. The SMILES string of the molecule is CCC(C(=O)NC(C)(C)C)N(Cc1ccc(OC)cc1)C(=O)COc1ccc(Cl)cc1Cl. The predicted octanol–water partition coefficient (Wildman–Crippen LogP) is 5.10. The molecule has 1 atom stereocenters. The van der Waals surface area contributed by atoms with Gasteiger partial charge in [-0.1, -0.05) is 42.3 Å². The molecule has 0 fully saturated rings. The van der Waals surface area contributed by atoms with Gasteiger partial charge in [0.1, 0.15) is 17.5 Å². The number of methoxy groups -OCH3 is 1. The highest BCUT2D eigenvalue weighted by Gasteiger charge is 2.31. The lowest BCUT2D eigenvalue weighted by molar-refractivity contribution is -0.143. The number of carbonyl (C=O) groups is 2. The first-order chi connectivity index (χ1) is 15.0. The zero-order valence-electron chi connectivity index (χ0n) is 19.1. The third-order valence-corrected chi connectivity index (χ3v) is 5.17. The van der Waals surface area contributed by atoms with Crippen LogP contribution < -0.4 is 14.8 Å². The quantitative estimate of drug-likeness (QED) is 0.541. The molecule has 0 heterocycles. The van der Waals surface area contributed by atoms with Crippen LogP contribution in [0.3, 0.4) is 0 Å². The van der Waals surface area contributed by atoms with Crippen molar-refractivity contribution in [3.63, 3.8) is 0 Å². The molecule has 2 amide bonds. The lowest BCUT2D eigenvalue weighted by Crippen LogP contribution is -2.54. The topological polar surface area (TPSA) is 67.9 Å². The number of halogens is 2. The number of amides is 2. The third kappa shape index (κ3) is 7.61. The second kappa shape index (κ2) is 11.4. The summed E-state index contributed by atoms with van der Waals surface area (Å²) in [7, 11) is 1.59. The minimum absolute atomic E-state index is 0.216. The zero-order chi connectivity index (χ0) is 23.9. The zero-order valence-corrected chi connectivity index (χ0v) is 20.6. The minimum Gasteiger partial charge on any atom is -0.497 e. The van der Waals surface area contributed by atoms with Crippen LogP contribution in [-0.2, 0) is 16.1 Å². The highest BCUT2D eigenvalue weighted by molar-refractivity contribution is 6.35. The molecule has 0 saturated carbocycles. The Balaban J connectivity index is 2.25. The lowest BCUT2D eigenvalue weighted by Gasteiger charge is -2.33. The highest BCUT2D eigenvalue weighted by atomic mass is 35.5. The van der Waals surface area contributed by atoms with E-state index in [-0.39, 0.29) is 25.0 Å². The monoisotopic (exact) mass is 480 g/mol. The van der Waals surface area contributed by atoms with Crippen LogP contribution in [0.5, 0.6) is 11.5 Å². The Morgan fingerprint density at radius 3 is 2.28 bits per heavy atom. The molecule has 0 saturated heterocycles. The van der Waals surface area contributed by atoms with Gasteiger partial charge in [-0.3, -0.25) is 9.59 Å². The van der Waals surface area contributed by atoms with E-state index in [1.54, 1.807) is 25.3 Å². The molecule has 0 aromatic heterocycles. The van der Waals surface area contributed by atoms with Crippen LogP contribution in [0.4, 0.5) is 0 Å². The molecule has 1 N–H and O–H groups in total. The fourth-order valence-corrected chi connectivity index (χ4v) is 3.58. The lowest BCUT2D eigenvalue weighted by atomic mass is 10.1. The van der Waals surface area contributed by atoms with Gasteiger partial charge in [0.2, 0.25) is 5.91 Å². The number of hydrogen-bond acceptors (Lipinski definition) is 4. The number of hydrogen-bond donors (Lipinski definition) is 1. The molecular weight excluding hydrogens is 451 g/mol. The van der Waals surface area contributed by atoms with Crippen LogP contribution >= 0.6 is 23.2 Å². The van der Waals surface area contributed by atoms with Gasteiger partial charge in [0.05, 0.1) is 12.1 Å². The fourth-order valence-electron chi connectivity index (χ4n) is 3.11. The Bertz CT molecular complexity index is 927. The number of carbonyl (C=O) groups excluding carboxylic acids is 2. The molecule has 0 aliphatic carbocycles. The van der Waals surface area contributed by atoms with Crippen LogP contribution in [0.25, 0.3) is 0 Å². The summed E-state index contributed by atoms with van der Waals surface area (Å²) in [6.45, 7) is 7.56. The van der Waals surface area contributed by atoms with E-state index in [9.17, 15) is 9.59 Å². The Labute approximate surface area is 199 Å². The van der Waals surface area contributed by atoms with Crippen LogP contribution in [0.1, 0.15) is 39.7 Å². The number of nitrogens with zero attached hydrogens (tertiary/aromatic N) is 1. The molecule has 2 aromatic rings. The van der Waals surface area contributed by atoms with Crippen LogP contribution in [0, 0.1) is 0 Å². The fraction of sp³-hybridized carbons (Fsp3) is 0.417. The Morgan fingerprint density at radius 2 is 1.75 bits per heavy atom. The van der Waals surface area contributed by atoms with Crippen LogP contribution in [0.2, 0.25) is 10.0 Å². The van der Waals surface area contributed by atoms with Crippen molar-refractivity contribution in [1.82, 2.24) is 10.2 Å². The van der Waals surface area contributed by atoms with E-state index in [4.69, 9.17) is 32.7 Å². The van der Waals surface area contributed by atoms with E-state index in [2.05, 4.69) is 5.32 Å². The van der Waals surface area contributed by atoms with E-state index in [0.29, 0.717) is 28.0 Å². The average Bonchev–Trinajstić information content (AvgIpc) is 2.72. The van der Waals surface area contributed by atoms with Gasteiger partial charge < -0.3 is 19.7 Å². The van der Waals surface area contributed by atoms with E-state index in [0.717, 1.165) is 5.56 Å². The summed E-state index contributed by atoms with van der Waals surface area (Å²) in [5.41, 5.74) is 0.442. The summed E-state index contributed by atoms with van der Waals surface area (Å²) in [6, 6.07) is 11.5. The number of rotatable bonds is 9. The maximum Gasteiger partial charge on any atom is 0.261 e. The van der Waals surface area contributed by atoms with Gasteiger partial charge in [-0.15, -0.1) is 0 Å². The number of nitrogens with one attached hydrogen (secondary N) is 1. The van der Waals surface area contributed by atoms with Crippen LogP contribution in [-0.4, -0.2) is 42.0 Å². The first-order valence-electron chi connectivity index (χ1n) is 10.4. The van der Waals surface area contributed by atoms with Gasteiger partial charge in [0.25, 0.3) is 5.91 Å². The molecule has 6 nitrogen and oxygen atoms in total. The van der Waals surface area contributed by atoms with Crippen molar-refractivity contribution < 1.29 is 19.1 Å². The van der Waals surface area contributed by atoms with Gasteiger partial charge in [-0.05, 0) is 63.1 Å². The van der Waals surface area contributed by atoms with Gasteiger partial charge in [0.15, 0.2) is 6.61 Å². The molecule has 0 aliphatic rings. The van der Waals surface area contributed by atoms with E-state index in [1.807, 2.05) is 52.0 Å². The summed E-state index contributed by atoms with van der Waals surface area (Å²) >= 11 is 12.1. The second-order valence-electron chi connectivity index (χ2n) is 8.40. The molecule has 0 aliphatic heterocycles. The molecule has 8 heteroatoms. The van der Waals surface area contributed by atoms with Gasteiger partial charge in [0, 0.05) is 17.1 Å². The summed E-state index contributed by atoms with van der Waals surface area (Å²) in [4.78, 5) is 27.7. The van der Waals surface area contributed by atoms with E-state index < -0.39 is 11.6 Å². The molecule has 174 valence electrons. The third-order valence-electron chi connectivity index (χ3n) is 4.64. The molecule has 2 aromatic carbocycles. The van der Waals surface area contributed by atoms with Crippen molar-refractivity contribution in [3.05, 3.63) is 58.1 Å². The number of benzene rings is 2. The maximum atomic E-state index is 13.2. The summed E-state index contributed by atoms with van der Waals surface area (Å²) in [5, 5.41) is 3.75. The molecule has 32 heavy (non-hydrogen) atoms. The molecule has 1 unspecified atom stereocenters. The molecular formula is C24H30Cl2N2O4. The molecule has 0 bridgehead atoms. The molecule has 0 radical (unpaired) electrons. The van der Waals surface area contributed by atoms with Crippen molar-refractivity contribution in [1.29, 1.82) is 0 Å². The summed E-state index contributed by atoms with van der Waals surface area (Å²) in [6.07, 6.45) is 0.450. The first-order valence-corrected chi connectivity index (χ1v) is 11.1. The first kappa shape index (κ1) is 25.8. The molecule has 0 spiro atoms. The van der Waals surface area contributed by atoms with Gasteiger partial charge >= 0.3 is 0 Å². The van der Waals surface area contributed by atoms with Crippen molar-refractivity contribution in [2.45, 2.75) is 52.2 Å². The average molecular weight is 481 g/mol. The van der Waals surface area contributed by atoms with Crippen molar-refractivity contribution in [3.8, 4) is 11.5 Å². The highest BCUT2D eigenvalue weighted by Crippen LogP contribution is 2.27. The van der Waals surface area contributed by atoms with Gasteiger partial charge in [-0.2, -0.15) is 0 Å². The molecule has 2 rings (SSSR count). The van der Waals surface area contributed by atoms with Crippen LogP contribution in [0.15, 0.2) is 42.5 Å². The maximum absolute atomic E-state index is 13.2. The van der Waals surface area contributed by atoms with Gasteiger partial charge in [-0.25, -0.2) is 0 Å². The standard InChI is InChI=1S/C24H30Cl2N2O4/c1-6-20(23(30)27-24(2,3)4)28(14-16-7-10-18(31-5)11-8-16)22(29)15-32-21-12-9-17(25)13-19(21)26/h7-13,20H,6,14-15H2,1-5H3,(H,27,30). The van der Waals surface area contributed by atoms with E-state index >= 15 is 0 Å². The Kier molecular flexibility index (Phi) is 9.22. The second-order valence-corrected chi connectivity index (χ2v) is 9.24. The van der Waals surface area contributed by atoms with Crippen molar-refractivity contribution in [2.24, 2.45) is 0 Å². The Morgan fingerprint density at radius 1 is 1.09 bits per heavy atom. The predicted molar refractivity (Wildman–Crippen MR) is 127 cm³/mol. The normalized spacial score (nSPS) is 12.1. The summed E-state index contributed by atoms with van der Waals surface area (Å²) in [5.74, 6) is 0.514. The smallest absolute Gasteiger partial charge is 0.261 e. The van der Waals surface area contributed by atoms with E-state index in [1.165, 1.54) is 4.90 Å². The number of ether oxygens (including phenoxy) is 2. The van der Waals surface area contributed by atoms with Crippen molar-refractivity contribution in [2.75, 3.05) is 13.7 Å². The minimum atomic E-state index is -0.659. The largest absolute Gasteiger partial charge is 0.497 e.